The van der Waals surface area contributed by atoms with E-state index in [0.717, 1.165) is 24.5 Å². The summed E-state index contributed by atoms with van der Waals surface area (Å²) in [5.74, 6) is 1.05. The molecule has 2 aromatic carbocycles. The van der Waals surface area contributed by atoms with E-state index >= 15 is 0 Å². The first kappa shape index (κ1) is 22.1. The number of rotatable bonds is 7. The summed E-state index contributed by atoms with van der Waals surface area (Å²) in [7, 11) is -3.67. The van der Waals surface area contributed by atoms with Crippen LogP contribution in [0, 0.1) is 6.92 Å². The van der Waals surface area contributed by atoms with Crippen LogP contribution in [0.3, 0.4) is 0 Å². The van der Waals surface area contributed by atoms with Crippen molar-refractivity contribution < 1.29 is 17.7 Å². The minimum atomic E-state index is -3.67. The van der Waals surface area contributed by atoms with Crippen molar-refractivity contribution in [3.63, 3.8) is 0 Å². The van der Waals surface area contributed by atoms with E-state index in [0.29, 0.717) is 47.3 Å². The van der Waals surface area contributed by atoms with Gasteiger partial charge >= 0.3 is 0 Å². The summed E-state index contributed by atoms with van der Waals surface area (Å²) in [6.07, 6.45) is 0. The summed E-state index contributed by atoms with van der Waals surface area (Å²) in [5.41, 5.74) is 3.00. The fourth-order valence-corrected chi connectivity index (χ4v) is 4.86. The minimum Gasteiger partial charge on any atom is -0.378 e. The highest BCUT2D eigenvalue weighted by Crippen LogP contribution is 2.23. The molecule has 11 heteroatoms. The van der Waals surface area contributed by atoms with E-state index in [-0.39, 0.29) is 5.75 Å². The van der Waals surface area contributed by atoms with Crippen LogP contribution in [-0.2, 0) is 20.5 Å². The van der Waals surface area contributed by atoms with Crippen molar-refractivity contribution in [1.29, 1.82) is 0 Å². The minimum absolute atomic E-state index is 0.283. The molecule has 0 saturated carbocycles. The number of hydrogen-bond donors (Lipinski definition) is 2. The Balaban J connectivity index is 1.26. The largest absolute Gasteiger partial charge is 0.378 e. The molecule has 34 heavy (non-hydrogen) atoms. The zero-order valence-corrected chi connectivity index (χ0v) is 19.4. The number of fused-ring (bicyclic) bond motifs is 1. The number of nitrogens with zero attached hydrogens (tertiary/aromatic N) is 4. The van der Waals surface area contributed by atoms with Gasteiger partial charge in [0.1, 0.15) is 17.3 Å². The van der Waals surface area contributed by atoms with Gasteiger partial charge in [-0.1, -0.05) is 17.3 Å². The predicted octanol–water partition coefficient (Wildman–Crippen LogP) is 3.45. The maximum absolute atomic E-state index is 12.7. The maximum atomic E-state index is 12.7. The number of benzene rings is 2. The molecule has 0 unspecified atom stereocenters. The molecule has 0 bridgehead atoms. The zero-order chi connectivity index (χ0) is 23.5. The summed E-state index contributed by atoms with van der Waals surface area (Å²) in [4.78, 5) is 11.3. The quantitative estimate of drug-likeness (QED) is 0.409. The molecule has 10 nitrogen and oxygen atoms in total. The van der Waals surface area contributed by atoms with Crippen molar-refractivity contribution in [2.24, 2.45) is 0 Å². The Morgan fingerprint density at radius 2 is 1.74 bits per heavy atom. The third kappa shape index (κ3) is 5.10. The van der Waals surface area contributed by atoms with Crippen molar-refractivity contribution in [2.45, 2.75) is 12.7 Å². The summed E-state index contributed by atoms with van der Waals surface area (Å²) in [5, 5.41) is 7.85. The van der Waals surface area contributed by atoms with Crippen LogP contribution in [-0.4, -0.2) is 49.8 Å². The van der Waals surface area contributed by atoms with Crippen LogP contribution in [0.25, 0.3) is 11.0 Å². The van der Waals surface area contributed by atoms with E-state index in [4.69, 9.17) is 9.26 Å². The molecule has 1 aliphatic heterocycles. The molecule has 1 fully saturated rings. The highest BCUT2D eigenvalue weighted by atomic mass is 32.2. The smallest absolute Gasteiger partial charge is 0.238 e. The molecule has 5 rings (SSSR count). The number of ether oxygens (including phenoxy) is 1. The number of aryl methyl sites for hydroxylation is 1. The zero-order valence-electron chi connectivity index (χ0n) is 18.6. The van der Waals surface area contributed by atoms with Crippen molar-refractivity contribution in [3.8, 4) is 0 Å². The van der Waals surface area contributed by atoms with Gasteiger partial charge in [-0.25, -0.2) is 13.4 Å². The molecule has 176 valence electrons. The lowest BCUT2D eigenvalue weighted by Crippen LogP contribution is -2.37. The van der Waals surface area contributed by atoms with Gasteiger partial charge in [0.15, 0.2) is 5.58 Å². The second-order valence-corrected chi connectivity index (χ2v) is 9.71. The Labute approximate surface area is 197 Å². The maximum Gasteiger partial charge on any atom is 0.238 e. The van der Waals surface area contributed by atoms with Crippen LogP contribution in [0.1, 0.15) is 11.4 Å². The molecular formula is C23H24N6O4S. The molecule has 0 radical (unpaired) electrons. The third-order valence-electron chi connectivity index (χ3n) is 5.35. The van der Waals surface area contributed by atoms with E-state index in [2.05, 4.69) is 30.1 Å². The summed E-state index contributed by atoms with van der Waals surface area (Å²) >= 11 is 0. The predicted molar refractivity (Wildman–Crippen MR) is 130 cm³/mol. The normalized spacial score (nSPS) is 14.3. The Morgan fingerprint density at radius 1 is 1.00 bits per heavy atom. The average molecular weight is 481 g/mol. The molecule has 1 saturated heterocycles. The van der Waals surface area contributed by atoms with E-state index in [9.17, 15) is 8.42 Å². The van der Waals surface area contributed by atoms with Gasteiger partial charge in [0.2, 0.25) is 16.0 Å². The Morgan fingerprint density at radius 3 is 2.53 bits per heavy atom. The number of anilines is 4. The average Bonchev–Trinajstić information content (AvgIpc) is 3.22. The Hall–Kier alpha value is -3.70. The lowest BCUT2D eigenvalue weighted by atomic mass is 10.2. The third-order valence-corrected chi connectivity index (χ3v) is 6.55. The number of morpholine rings is 1. The monoisotopic (exact) mass is 480 g/mol. The van der Waals surface area contributed by atoms with Crippen LogP contribution < -0.4 is 14.9 Å². The van der Waals surface area contributed by atoms with E-state index < -0.39 is 10.0 Å². The number of para-hydroxylation sites is 1. The number of nitrogens with one attached hydrogen (secondary N) is 2. The first-order valence-corrected chi connectivity index (χ1v) is 12.5. The van der Waals surface area contributed by atoms with Crippen LogP contribution in [0.15, 0.2) is 59.1 Å². The molecule has 3 heterocycles. The second-order valence-electron chi connectivity index (χ2n) is 7.98. The molecule has 0 atom stereocenters. The van der Waals surface area contributed by atoms with Gasteiger partial charge in [-0.05, 0) is 43.3 Å². The van der Waals surface area contributed by atoms with Crippen LogP contribution in [0.5, 0.6) is 0 Å². The summed E-state index contributed by atoms with van der Waals surface area (Å²) in [6.45, 7) is 4.74. The van der Waals surface area contributed by atoms with Crippen LogP contribution in [0.2, 0.25) is 0 Å². The van der Waals surface area contributed by atoms with Gasteiger partial charge in [-0.3, -0.25) is 4.72 Å². The van der Waals surface area contributed by atoms with E-state index in [1.165, 1.54) is 0 Å². The van der Waals surface area contributed by atoms with E-state index in [1.807, 2.05) is 25.1 Å². The van der Waals surface area contributed by atoms with Crippen molar-refractivity contribution in [3.05, 3.63) is 66.0 Å². The number of aromatic nitrogens is 3. The number of sulfonamides is 1. The standard InChI is InChI=1S/C23H24N6O4S/c1-16-14-22(26-23(24-16)29-10-12-32-13-11-29)25-17-6-8-18(9-7-17)28-34(30,31)15-20-19-4-2-3-5-21(19)33-27-20/h2-9,14,28H,10-13,15H2,1H3,(H,24,25,26). The summed E-state index contributed by atoms with van der Waals surface area (Å²) < 4.78 is 38.5. The molecule has 0 amide bonds. The SMILES string of the molecule is Cc1cc(Nc2ccc(NS(=O)(=O)Cc3noc4ccccc34)cc2)nc(N2CCOCC2)n1. The molecule has 0 aliphatic carbocycles. The molecule has 1 aliphatic rings. The number of hydrogen-bond acceptors (Lipinski definition) is 9. The highest BCUT2D eigenvalue weighted by molar-refractivity contribution is 7.91. The fourth-order valence-electron chi connectivity index (χ4n) is 3.73. The topological polar surface area (TPSA) is 122 Å². The highest BCUT2D eigenvalue weighted by Gasteiger charge is 2.18. The van der Waals surface area contributed by atoms with Crippen LogP contribution >= 0.6 is 0 Å². The molecule has 0 spiro atoms. The van der Waals surface area contributed by atoms with Crippen molar-refractivity contribution >= 4 is 44.1 Å². The molecule has 2 N–H and O–H groups in total. The van der Waals surface area contributed by atoms with Gasteiger partial charge in [0.25, 0.3) is 0 Å². The summed E-state index contributed by atoms with van der Waals surface area (Å²) in [6, 6.07) is 16.0. The van der Waals surface area contributed by atoms with E-state index in [1.54, 1.807) is 36.4 Å². The van der Waals surface area contributed by atoms with Gasteiger partial charge in [-0.2, -0.15) is 4.98 Å². The lowest BCUT2D eigenvalue weighted by Gasteiger charge is -2.27. The molecular weight excluding hydrogens is 456 g/mol. The Bertz CT molecular complexity index is 1400. The van der Waals surface area contributed by atoms with Gasteiger partial charge in [-0.15, -0.1) is 0 Å². The van der Waals surface area contributed by atoms with Gasteiger partial charge in [0.05, 0.1) is 13.2 Å². The lowest BCUT2D eigenvalue weighted by molar-refractivity contribution is 0.122. The second kappa shape index (κ2) is 9.27. The first-order valence-electron chi connectivity index (χ1n) is 10.8. The Kier molecular flexibility index (Phi) is 6.03. The fraction of sp³-hybridized carbons (Fsp3) is 0.261. The molecule has 4 aromatic rings. The van der Waals surface area contributed by atoms with Crippen LogP contribution in [0.4, 0.5) is 23.1 Å². The van der Waals surface area contributed by atoms with Gasteiger partial charge in [0, 0.05) is 41.6 Å². The van der Waals surface area contributed by atoms with Gasteiger partial charge < -0.3 is 19.5 Å². The first-order chi connectivity index (χ1) is 16.4. The molecule has 2 aromatic heterocycles. The van der Waals surface area contributed by atoms with Crippen molar-refractivity contribution in [2.75, 3.05) is 41.2 Å². The van der Waals surface area contributed by atoms with Crippen molar-refractivity contribution in [1.82, 2.24) is 15.1 Å².